The van der Waals surface area contributed by atoms with Crippen LogP contribution in [-0.4, -0.2) is 50.4 Å². The molecule has 4 heterocycles. The average molecular weight is 476 g/mol. The Hall–Kier alpha value is -3.45. The van der Waals surface area contributed by atoms with Gasteiger partial charge in [-0.05, 0) is 30.5 Å². The number of nitrogens with one attached hydrogen (secondary N) is 1. The smallest absolute Gasteiger partial charge is 0.347 e. The number of hydrogen-bond acceptors (Lipinski definition) is 5. The van der Waals surface area contributed by atoms with E-state index in [1.165, 1.54) is 35.6 Å². The van der Waals surface area contributed by atoms with Gasteiger partial charge in [0.1, 0.15) is 11.4 Å². The van der Waals surface area contributed by atoms with Crippen molar-refractivity contribution in [1.82, 2.24) is 24.9 Å². The second kappa shape index (κ2) is 8.15. The van der Waals surface area contributed by atoms with E-state index in [4.69, 9.17) is 0 Å². The van der Waals surface area contributed by atoms with E-state index in [0.717, 1.165) is 16.0 Å². The van der Waals surface area contributed by atoms with E-state index in [-0.39, 0.29) is 18.0 Å². The minimum atomic E-state index is -6.09. The van der Waals surface area contributed by atoms with Gasteiger partial charge >= 0.3 is 12.0 Å². The van der Waals surface area contributed by atoms with E-state index in [1.807, 2.05) is 0 Å². The summed E-state index contributed by atoms with van der Waals surface area (Å²) >= 11 is 0. The number of alkyl halides is 6. The standard InChI is InChI=1S/C19H15F7N6O/c20-11-7-10(8-27-9-11)12-3-1-5-31(12)15-13(14-28-4-2-6-32(14)30-15)16(33)29-18(23,17(21)22)19(24,25)26/h2,4,6-9,12,17H,1,3,5H2,(H,29,33)/t12-,18-/m1/s1. The van der Waals surface area contributed by atoms with Crippen molar-refractivity contribution in [1.29, 1.82) is 0 Å². The molecule has 0 radical (unpaired) electrons. The lowest BCUT2D eigenvalue weighted by Crippen LogP contribution is -2.60. The molecule has 3 aromatic rings. The van der Waals surface area contributed by atoms with Crippen molar-refractivity contribution >= 4 is 17.4 Å². The Kier molecular flexibility index (Phi) is 5.62. The molecular formula is C19H15F7N6O. The Bertz CT molecular complexity index is 1180. The number of pyridine rings is 1. The lowest BCUT2D eigenvalue weighted by molar-refractivity contribution is -0.275. The van der Waals surface area contributed by atoms with Gasteiger partial charge in [-0.2, -0.15) is 13.2 Å². The van der Waals surface area contributed by atoms with Gasteiger partial charge in [0.2, 0.25) is 0 Å². The predicted molar refractivity (Wildman–Crippen MR) is 99.9 cm³/mol. The van der Waals surface area contributed by atoms with Crippen LogP contribution in [0.15, 0.2) is 36.9 Å². The molecule has 33 heavy (non-hydrogen) atoms. The molecule has 0 bridgehead atoms. The lowest BCUT2D eigenvalue weighted by atomic mass is 10.1. The van der Waals surface area contributed by atoms with Crippen LogP contribution in [-0.2, 0) is 0 Å². The second-order valence-corrected chi connectivity index (χ2v) is 7.34. The van der Waals surface area contributed by atoms with E-state index in [9.17, 15) is 35.5 Å². The number of hydrogen-bond donors (Lipinski definition) is 1. The van der Waals surface area contributed by atoms with Crippen LogP contribution < -0.4 is 10.2 Å². The number of carbonyl (C=O) groups excluding carboxylic acids is 1. The van der Waals surface area contributed by atoms with Crippen molar-refractivity contribution in [2.75, 3.05) is 11.4 Å². The number of rotatable bonds is 5. The first-order valence-corrected chi connectivity index (χ1v) is 9.59. The third-order valence-electron chi connectivity index (χ3n) is 5.25. The molecule has 176 valence electrons. The minimum Gasteiger partial charge on any atom is -0.347 e. The van der Waals surface area contributed by atoms with E-state index in [0.29, 0.717) is 18.4 Å². The highest BCUT2D eigenvalue weighted by atomic mass is 19.4. The summed E-state index contributed by atoms with van der Waals surface area (Å²) in [5.41, 5.74) is -0.489. The van der Waals surface area contributed by atoms with Crippen molar-refractivity contribution < 1.29 is 35.5 Å². The topological polar surface area (TPSA) is 75.4 Å². The third-order valence-corrected chi connectivity index (χ3v) is 5.25. The number of amides is 1. The predicted octanol–water partition coefficient (Wildman–Crippen LogP) is 3.83. The Morgan fingerprint density at radius 1 is 1.21 bits per heavy atom. The molecule has 2 atom stereocenters. The van der Waals surface area contributed by atoms with Gasteiger partial charge in [0.25, 0.3) is 12.3 Å². The van der Waals surface area contributed by atoms with Crippen LogP contribution in [0.4, 0.5) is 36.6 Å². The van der Waals surface area contributed by atoms with Gasteiger partial charge in [0.15, 0.2) is 11.5 Å². The van der Waals surface area contributed by atoms with Crippen LogP contribution in [0.3, 0.4) is 0 Å². The number of fused-ring (bicyclic) bond motifs is 1. The van der Waals surface area contributed by atoms with Crippen LogP contribution in [0.5, 0.6) is 0 Å². The number of halogens is 7. The molecule has 0 saturated carbocycles. The average Bonchev–Trinajstić information content (AvgIpc) is 3.37. The zero-order valence-corrected chi connectivity index (χ0v) is 16.5. The van der Waals surface area contributed by atoms with Gasteiger partial charge < -0.3 is 10.2 Å². The maximum absolute atomic E-state index is 14.2. The van der Waals surface area contributed by atoms with Crippen LogP contribution in [0.25, 0.3) is 5.65 Å². The number of carbonyl (C=O) groups is 1. The SMILES string of the molecule is O=C(N[C@](F)(C(F)F)C(F)(F)F)c1c(N2CCC[C@@H]2c2cncc(F)c2)nn2cccnc12. The van der Waals surface area contributed by atoms with Crippen molar-refractivity contribution in [3.63, 3.8) is 0 Å². The van der Waals surface area contributed by atoms with Crippen molar-refractivity contribution in [2.45, 2.75) is 37.3 Å². The maximum Gasteiger partial charge on any atom is 0.447 e. The fourth-order valence-corrected chi connectivity index (χ4v) is 3.73. The zero-order chi connectivity index (χ0) is 24.0. The quantitative estimate of drug-likeness (QED) is 0.448. The molecule has 1 saturated heterocycles. The third kappa shape index (κ3) is 3.93. The Morgan fingerprint density at radius 3 is 2.64 bits per heavy atom. The molecule has 1 amide bonds. The van der Waals surface area contributed by atoms with E-state index < -0.39 is 41.7 Å². The van der Waals surface area contributed by atoms with Gasteiger partial charge in [0.05, 0.1) is 12.2 Å². The first kappa shape index (κ1) is 22.7. The zero-order valence-electron chi connectivity index (χ0n) is 16.5. The molecule has 7 nitrogen and oxygen atoms in total. The first-order chi connectivity index (χ1) is 15.5. The van der Waals surface area contributed by atoms with Gasteiger partial charge in [-0.3, -0.25) is 9.78 Å². The highest BCUT2D eigenvalue weighted by Crippen LogP contribution is 2.40. The molecule has 4 rings (SSSR count). The summed E-state index contributed by atoms with van der Waals surface area (Å²) in [6.45, 7) is 0.250. The van der Waals surface area contributed by atoms with Crippen molar-refractivity contribution in [2.24, 2.45) is 0 Å². The monoisotopic (exact) mass is 476 g/mol. The lowest BCUT2D eigenvalue weighted by Gasteiger charge is -2.29. The van der Waals surface area contributed by atoms with Gasteiger partial charge in [-0.25, -0.2) is 27.1 Å². The fourth-order valence-electron chi connectivity index (χ4n) is 3.73. The summed E-state index contributed by atoms with van der Waals surface area (Å²) < 4.78 is 94.1. The maximum atomic E-state index is 14.2. The first-order valence-electron chi connectivity index (χ1n) is 9.59. The van der Waals surface area contributed by atoms with Crippen molar-refractivity contribution in [3.05, 3.63) is 53.9 Å². The summed E-state index contributed by atoms with van der Waals surface area (Å²) in [6.07, 6.45) is -4.78. The molecule has 0 spiro atoms. The molecule has 0 aliphatic carbocycles. The van der Waals surface area contributed by atoms with Crippen LogP contribution in [0.2, 0.25) is 0 Å². The molecule has 14 heteroatoms. The van der Waals surface area contributed by atoms with Crippen molar-refractivity contribution in [3.8, 4) is 0 Å². The summed E-state index contributed by atoms with van der Waals surface area (Å²) in [5.74, 6) is -7.90. The molecule has 0 unspecified atom stereocenters. The second-order valence-electron chi connectivity index (χ2n) is 7.34. The van der Waals surface area contributed by atoms with Crippen LogP contribution in [0, 0.1) is 5.82 Å². The highest BCUT2D eigenvalue weighted by molar-refractivity contribution is 6.05. The van der Waals surface area contributed by atoms with E-state index >= 15 is 0 Å². The number of aromatic nitrogens is 4. The Labute approximate surface area is 181 Å². The Morgan fingerprint density at radius 2 is 1.97 bits per heavy atom. The summed E-state index contributed by atoms with van der Waals surface area (Å²) in [7, 11) is 0. The summed E-state index contributed by atoms with van der Waals surface area (Å²) in [6, 6.07) is 2.05. The highest BCUT2D eigenvalue weighted by Gasteiger charge is 2.64. The molecular weight excluding hydrogens is 461 g/mol. The molecule has 0 aromatic carbocycles. The molecule has 1 aliphatic rings. The van der Waals surface area contributed by atoms with Gasteiger partial charge in [-0.15, -0.1) is 5.10 Å². The normalized spacial score (nSPS) is 18.7. The summed E-state index contributed by atoms with van der Waals surface area (Å²) in [5, 5.41) is 4.95. The fraction of sp³-hybridized carbons (Fsp3) is 0.368. The van der Waals surface area contributed by atoms with E-state index in [2.05, 4.69) is 15.1 Å². The molecule has 1 fully saturated rings. The largest absolute Gasteiger partial charge is 0.447 e. The molecule has 1 N–H and O–H groups in total. The summed E-state index contributed by atoms with van der Waals surface area (Å²) in [4.78, 5) is 21.9. The molecule has 3 aromatic heterocycles. The number of anilines is 1. The minimum absolute atomic E-state index is 0.211. The van der Waals surface area contributed by atoms with E-state index in [1.54, 1.807) is 0 Å². The Balaban J connectivity index is 1.80. The molecule has 1 aliphatic heterocycles. The van der Waals surface area contributed by atoms with Gasteiger partial charge in [-0.1, -0.05) is 0 Å². The van der Waals surface area contributed by atoms with Crippen LogP contribution >= 0.6 is 0 Å². The number of nitrogens with zero attached hydrogens (tertiary/aromatic N) is 5. The van der Waals surface area contributed by atoms with Crippen LogP contribution in [0.1, 0.15) is 34.8 Å². The van der Waals surface area contributed by atoms with Gasteiger partial charge in [0, 0.05) is 25.1 Å².